The van der Waals surface area contributed by atoms with E-state index in [4.69, 9.17) is 4.74 Å². The maximum Gasteiger partial charge on any atom is 0.263 e. The number of amides is 1. The standard InChI is InChI=1S/C17H23N7O2S/c1-12-14(27-11-19-12)15(25)18-10-13-20-16(23-4-2-3-5-23)22-17(21-13)24-6-8-26-9-7-24/h11H,2-10H2,1H3,(H,18,25). The van der Waals surface area contributed by atoms with Gasteiger partial charge < -0.3 is 19.9 Å². The summed E-state index contributed by atoms with van der Waals surface area (Å²) in [4.78, 5) is 35.3. The number of hydrogen-bond acceptors (Lipinski definition) is 9. The Morgan fingerprint density at radius 2 is 1.78 bits per heavy atom. The van der Waals surface area contributed by atoms with Crippen LogP contribution in [0.3, 0.4) is 0 Å². The number of nitrogens with one attached hydrogen (secondary N) is 1. The predicted molar refractivity (Wildman–Crippen MR) is 102 cm³/mol. The molecule has 10 heteroatoms. The molecule has 2 fully saturated rings. The normalized spacial score (nSPS) is 17.4. The molecule has 2 aliphatic heterocycles. The molecule has 4 heterocycles. The van der Waals surface area contributed by atoms with Crippen molar-refractivity contribution in [1.82, 2.24) is 25.3 Å². The molecular weight excluding hydrogens is 366 g/mol. The van der Waals surface area contributed by atoms with Gasteiger partial charge in [-0.1, -0.05) is 0 Å². The van der Waals surface area contributed by atoms with Crippen LogP contribution in [0.2, 0.25) is 0 Å². The van der Waals surface area contributed by atoms with Crippen LogP contribution in [0, 0.1) is 6.92 Å². The number of rotatable bonds is 5. The highest BCUT2D eigenvalue weighted by Crippen LogP contribution is 2.19. The Morgan fingerprint density at radius 1 is 1.11 bits per heavy atom. The Morgan fingerprint density at radius 3 is 2.41 bits per heavy atom. The van der Waals surface area contributed by atoms with Crippen molar-refractivity contribution in [2.75, 3.05) is 49.2 Å². The summed E-state index contributed by atoms with van der Waals surface area (Å²) in [7, 11) is 0. The number of thiazole rings is 1. The van der Waals surface area contributed by atoms with Crippen LogP contribution < -0.4 is 15.1 Å². The van der Waals surface area contributed by atoms with Gasteiger partial charge in [-0.05, 0) is 19.8 Å². The molecule has 0 unspecified atom stereocenters. The number of carbonyl (C=O) groups excluding carboxylic acids is 1. The largest absolute Gasteiger partial charge is 0.378 e. The fourth-order valence-electron chi connectivity index (χ4n) is 3.20. The molecule has 0 aliphatic carbocycles. The third-order valence-electron chi connectivity index (χ3n) is 4.70. The third kappa shape index (κ3) is 4.16. The summed E-state index contributed by atoms with van der Waals surface area (Å²) in [5.41, 5.74) is 2.41. The number of carbonyl (C=O) groups is 1. The minimum absolute atomic E-state index is 0.147. The highest BCUT2D eigenvalue weighted by molar-refractivity contribution is 7.11. The second-order valence-corrected chi connectivity index (χ2v) is 7.45. The molecule has 2 aliphatic rings. The summed E-state index contributed by atoms with van der Waals surface area (Å²) in [6, 6.07) is 0. The number of ether oxygens (including phenoxy) is 1. The van der Waals surface area contributed by atoms with E-state index >= 15 is 0 Å². The van der Waals surface area contributed by atoms with Crippen LogP contribution in [-0.2, 0) is 11.3 Å². The van der Waals surface area contributed by atoms with Crippen LogP contribution >= 0.6 is 11.3 Å². The molecule has 144 valence electrons. The fourth-order valence-corrected chi connectivity index (χ4v) is 3.92. The molecule has 0 atom stereocenters. The maximum absolute atomic E-state index is 12.4. The number of anilines is 2. The van der Waals surface area contributed by atoms with E-state index < -0.39 is 0 Å². The van der Waals surface area contributed by atoms with Crippen LogP contribution in [0.15, 0.2) is 5.51 Å². The van der Waals surface area contributed by atoms with Gasteiger partial charge in [-0.3, -0.25) is 4.79 Å². The van der Waals surface area contributed by atoms with Gasteiger partial charge in [0.05, 0.1) is 31.0 Å². The topological polar surface area (TPSA) is 96.4 Å². The van der Waals surface area contributed by atoms with E-state index in [1.54, 1.807) is 5.51 Å². The number of aryl methyl sites for hydroxylation is 1. The predicted octanol–water partition coefficient (Wildman–Crippen LogP) is 1.00. The Bertz CT molecular complexity index is 800. The van der Waals surface area contributed by atoms with Gasteiger partial charge in [-0.15, -0.1) is 11.3 Å². The zero-order chi connectivity index (χ0) is 18.6. The van der Waals surface area contributed by atoms with Crippen LogP contribution in [0.25, 0.3) is 0 Å². The molecule has 2 saturated heterocycles. The third-order valence-corrected chi connectivity index (χ3v) is 5.63. The first kappa shape index (κ1) is 18.1. The van der Waals surface area contributed by atoms with E-state index in [0.717, 1.165) is 44.7 Å². The molecule has 0 spiro atoms. The quantitative estimate of drug-likeness (QED) is 0.809. The first-order chi connectivity index (χ1) is 13.2. The summed E-state index contributed by atoms with van der Waals surface area (Å²) >= 11 is 1.34. The Hall–Kier alpha value is -2.33. The summed E-state index contributed by atoms with van der Waals surface area (Å²) in [6.45, 7) is 6.86. The van der Waals surface area contributed by atoms with E-state index in [-0.39, 0.29) is 12.5 Å². The molecule has 2 aromatic rings. The van der Waals surface area contributed by atoms with Gasteiger partial charge in [0.15, 0.2) is 5.82 Å². The lowest BCUT2D eigenvalue weighted by Gasteiger charge is -2.28. The fraction of sp³-hybridized carbons (Fsp3) is 0.588. The number of aromatic nitrogens is 4. The van der Waals surface area contributed by atoms with Crippen LogP contribution in [0.5, 0.6) is 0 Å². The van der Waals surface area contributed by atoms with E-state index in [2.05, 4.69) is 35.1 Å². The number of nitrogens with zero attached hydrogens (tertiary/aromatic N) is 6. The average molecular weight is 389 g/mol. The SMILES string of the molecule is Cc1ncsc1C(=O)NCc1nc(N2CCCC2)nc(N2CCOCC2)n1. The first-order valence-electron chi connectivity index (χ1n) is 9.21. The van der Waals surface area contributed by atoms with Gasteiger partial charge in [0, 0.05) is 26.2 Å². The average Bonchev–Trinajstić information content (AvgIpc) is 3.38. The van der Waals surface area contributed by atoms with Crippen LogP contribution in [0.1, 0.15) is 34.0 Å². The number of hydrogen-bond donors (Lipinski definition) is 1. The van der Waals surface area contributed by atoms with E-state index in [0.29, 0.717) is 35.8 Å². The summed E-state index contributed by atoms with van der Waals surface area (Å²) in [6.07, 6.45) is 2.30. The molecule has 9 nitrogen and oxygen atoms in total. The monoisotopic (exact) mass is 389 g/mol. The Balaban J connectivity index is 1.53. The Kier molecular flexibility index (Phi) is 5.44. The van der Waals surface area contributed by atoms with E-state index in [9.17, 15) is 4.79 Å². The number of morpholine rings is 1. The van der Waals surface area contributed by atoms with Crippen molar-refractivity contribution in [3.8, 4) is 0 Å². The van der Waals surface area contributed by atoms with Gasteiger partial charge in [0.1, 0.15) is 4.88 Å². The lowest BCUT2D eigenvalue weighted by Crippen LogP contribution is -2.38. The summed E-state index contributed by atoms with van der Waals surface area (Å²) in [5, 5.41) is 2.91. The van der Waals surface area contributed by atoms with Crippen LogP contribution in [0.4, 0.5) is 11.9 Å². The van der Waals surface area contributed by atoms with Crippen molar-refractivity contribution in [1.29, 1.82) is 0 Å². The van der Waals surface area contributed by atoms with Crippen molar-refractivity contribution < 1.29 is 9.53 Å². The lowest BCUT2D eigenvalue weighted by molar-refractivity contribution is 0.0953. The highest BCUT2D eigenvalue weighted by Gasteiger charge is 2.21. The molecule has 0 radical (unpaired) electrons. The zero-order valence-electron chi connectivity index (χ0n) is 15.3. The van der Waals surface area contributed by atoms with Gasteiger partial charge in [0.25, 0.3) is 5.91 Å². The molecule has 0 bridgehead atoms. The van der Waals surface area contributed by atoms with E-state index in [1.165, 1.54) is 11.3 Å². The van der Waals surface area contributed by atoms with Gasteiger partial charge in [-0.25, -0.2) is 4.98 Å². The minimum Gasteiger partial charge on any atom is -0.378 e. The summed E-state index contributed by atoms with van der Waals surface area (Å²) in [5.74, 6) is 1.78. The maximum atomic E-state index is 12.4. The molecule has 2 aromatic heterocycles. The zero-order valence-corrected chi connectivity index (χ0v) is 16.2. The molecular formula is C17H23N7O2S. The molecule has 4 rings (SSSR count). The first-order valence-corrected chi connectivity index (χ1v) is 10.1. The smallest absolute Gasteiger partial charge is 0.263 e. The minimum atomic E-state index is -0.147. The van der Waals surface area contributed by atoms with Gasteiger partial charge >= 0.3 is 0 Å². The molecule has 0 aromatic carbocycles. The molecule has 1 amide bonds. The second kappa shape index (κ2) is 8.13. The molecule has 1 N–H and O–H groups in total. The van der Waals surface area contributed by atoms with Crippen LogP contribution in [-0.4, -0.2) is 65.2 Å². The Labute approximate surface area is 161 Å². The second-order valence-electron chi connectivity index (χ2n) is 6.59. The highest BCUT2D eigenvalue weighted by atomic mass is 32.1. The van der Waals surface area contributed by atoms with Crippen molar-refractivity contribution in [2.45, 2.75) is 26.3 Å². The molecule has 27 heavy (non-hydrogen) atoms. The molecule has 0 saturated carbocycles. The van der Waals surface area contributed by atoms with Gasteiger partial charge in [-0.2, -0.15) is 15.0 Å². The van der Waals surface area contributed by atoms with Crippen molar-refractivity contribution in [3.05, 3.63) is 21.9 Å². The van der Waals surface area contributed by atoms with Crippen molar-refractivity contribution in [2.24, 2.45) is 0 Å². The summed E-state index contributed by atoms with van der Waals surface area (Å²) < 4.78 is 5.43. The van der Waals surface area contributed by atoms with Gasteiger partial charge in [0.2, 0.25) is 11.9 Å². The van der Waals surface area contributed by atoms with Crippen molar-refractivity contribution >= 4 is 29.1 Å². The van der Waals surface area contributed by atoms with E-state index in [1.807, 2.05) is 6.92 Å². The van der Waals surface area contributed by atoms with Crippen molar-refractivity contribution in [3.63, 3.8) is 0 Å². The lowest BCUT2D eigenvalue weighted by atomic mass is 10.3.